The monoisotopic (exact) mass is 699 g/mol. The molecule has 2 saturated heterocycles. The van der Waals surface area contributed by atoms with E-state index in [1.54, 1.807) is 34.1 Å². The lowest BCUT2D eigenvalue weighted by Gasteiger charge is -2.36. The molecule has 9 nitrogen and oxygen atoms in total. The maximum Gasteiger partial charge on any atom is 0.317 e. The van der Waals surface area contributed by atoms with Crippen molar-refractivity contribution in [3.8, 4) is 0 Å². The maximum atomic E-state index is 14.1. The summed E-state index contributed by atoms with van der Waals surface area (Å²) in [6, 6.07) is 17.8. The van der Waals surface area contributed by atoms with Crippen LogP contribution >= 0.6 is 39.1 Å². The second-order valence-electron chi connectivity index (χ2n) is 11.3. The molecule has 1 unspecified atom stereocenters. The number of likely N-dealkylation sites (tertiary alicyclic amines) is 1. The molecule has 3 aromatic rings. The van der Waals surface area contributed by atoms with Gasteiger partial charge in [-0.3, -0.25) is 9.59 Å². The van der Waals surface area contributed by atoms with Crippen LogP contribution < -0.4 is 16.0 Å². The normalized spacial score (nSPS) is 21.4. The molecule has 4 amide bonds. The minimum Gasteiger partial charge on any atom is -0.378 e. The summed E-state index contributed by atoms with van der Waals surface area (Å²) in [5.74, 6) is -0.449. The first kappa shape index (κ1) is 30.7. The van der Waals surface area contributed by atoms with Crippen molar-refractivity contribution in [2.75, 3.05) is 50.0 Å². The van der Waals surface area contributed by atoms with Crippen LogP contribution in [0, 0.1) is 0 Å². The number of benzene rings is 3. The molecule has 230 valence electrons. The minimum atomic E-state index is -1.25. The van der Waals surface area contributed by atoms with Gasteiger partial charge in [-0.2, -0.15) is 0 Å². The molecule has 0 aromatic heterocycles. The van der Waals surface area contributed by atoms with Crippen molar-refractivity contribution < 1.29 is 19.1 Å². The highest BCUT2D eigenvalue weighted by Crippen LogP contribution is 2.43. The summed E-state index contributed by atoms with van der Waals surface area (Å²) in [5, 5.41) is 10.7. The molecule has 3 aliphatic rings. The molecule has 0 radical (unpaired) electrons. The second kappa shape index (κ2) is 13.0. The van der Waals surface area contributed by atoms with Gasteiger partial charge in [-0.15, -0.1) is 0 Å². The summed E-state index contributed by atoms with van der Waals surface area (Å²) in [6.07, 6.45) is 1.81. The van der Waals surface area contributed by atoms with Crippen molar-refractivity contribution in [1.82, 2.24) is 15.1 Å². The van der Waals surface area contributed by atoms with Gasteiger partial charge in [0.1, 0.15) is 5.54 Å². The van der Waals surface area contributed by atoms with Crippen molar-refractivity contribution in [2.45, 2.75) is 30.8 Å². The van der Waals surface area contributed by atoms with Crippen molar-refractivity contribution in [2.24, 2.45) is 0 Å². The molecule has 0 bridgehead atoms. The van der Waals surface area contributed by atoms with Crippen LogP contribution in [0.25, 0.3) is 0 Å². The Morgan fingerprint density at radius 3 is 2.59 bits per heavy atom. The van der Waals surface area contributed by atoms with Gasteiger partial charge in [0.2, 0.25) is 0 Å². The molecule has 3 heterocycles. The first-order valence-corrected chi connectivity index (χ1v) is 16.1. The molecule has 6 rings (SSSR count). The third-order valence-corrected chi connectivity index (χ3v) is 9.29. The maximum absolute atomic E-state index is 14.1. The minimum absolute atomic E-state index is 0.132. The van der Waals surface area contributed by atoms with E-state index in [4.69, 9.17) is 27.9 Å². The van der Waals surface area contributed by atoms with E-state index in [0.29, 0.717) is 71.9 Å². The third-order valence-electron chi connectivity index (χ3n) is 8.33. The number of nitrogens with zero attached hydrogens (tertiary/aromatic N) is 2. The summed E-state index contributed by atoms with van der Waals surface area (Å²) in [5.41, 5.74) is 1.85. The Hall–Kier alpha value is -3.31. The Morgan fingerprint density at radius 1 is 1.00 bits per heavy atom. The van der Waals surface area contributed by atoms with Crippen LogP contribution in [-0.4, -0.2) is 73.1 Å². The molecular formula is C32H32BrCl2N5O4. The van der Waals surface area contributed by atoms with Gasteiger partial charge < -0.3 is 30.5 Å². The number of amides is 4. The van der Waals surface area contributed by atoms with E-state index in [0.717, 1.165) is 22.9 Å². The molecule has 2 atom stereocenters. The van der Waals surface area contributed by atoms with Gasteiger partial charge in [0, 0.05) is 70.1 Å². The molecule has 0 spiro atoms. The number of ether oxygens (including phenoxy) is 1. The van der Waals surface area contributed by atoms with Gasteiger partial charge in [-0.25, -0.2) is 4.79 Å². The van der Waals surface area contributed by atoms with Crippen LogP contribution in [0.2, 0.25) is 10.0 Å². The topological polar surface area (TPSA) is 103 Å². The first-order chi connectivity index (χ1) is 21.2. The second-order valence-corrected chi connectivity index (χ2v) is 13.1. The number of nitrogens with one attached hydrogen (secondary N) is 3. The van der Waals surface area contributed by atoms with E-state index in [1.165, 1.54) is 0 Å². The van der Waals surface area contributed by atoms with Crippen LogP contribution in [0.3, 0.4) is 0 Å². The number of anilines is 2. The van der Waals surface area contributed by atoms with E-state index < -0.39 is 5.54 Å². The zero-order chi connectivity index (χ0) is 30.8. The van der Waals surface area contributed by atoms with Gasteiger partial charge in [-0.05, 0) is 60.9 Å². The molecule has 44 heavy (non-hydrogen) atoms. The lowest BCUT2D eigenvalue weighted by Crippen LogP contribution is -2.54. The van der Waals surface area contributed by atoms with Crippen LogP contribution in [0.1, 0.15) is 34.3 Å². The molecule has 0 saturated carbocycles. The zero-order valence-electron chi connectivity index (χ0n) is 23.9. The standard InChI is InChI=1S/C32H32BrCl2N5O4/c33-21-6-8-25(29(41)40-10-2-5-24(19-40)36-31(43)39-11-13-44-14-12-39)27(16-21)38-32(18-20-3-1-4-22(34)15-20)26-9-7-23(35)17-28(26)37-30(32)42/h1,3-4,6-9,15-17,24,38H,2,5,10-14,18-19H2,(H,36,43)(H,37,42)/t24?,32-/m0/s1. The quantitative estimate of drug-likeness (QED) is 0.297. The fraction of sp³-hybridized carbons (Fsp3) is 0.344. The summed E-state index contributed by atoms with van der Waals surface area (Å²) in [7, 11) is 0. The Bertz CT molecular complexity index is 1600. The summed E-state index contributed by atoms with van der Waals surface area (Å²) < 4.78 is 6.11. The molecular weight excluding hydrogens is 669 g/mol. The van der Waals surface area contributed by atoms with E-state index >= 15 is 0 Å². The van der Waals surface area contributed by atoms with Crippen molar-refractivity contribution in [3.63, 3.8) is 0 Å². The zero-order valence-corrected chi connectivity index (χ0v) is 27.0. The van der Waals surface area contributed by atoms with Crippen molar-refractivity contribution >= 4 is 68.4 Å². The molecule has 0 aliphatic carbocycles. The van der Waals surface area contributed by atoms with Gasteiger partial charge in [-0.1, -0.05) is 57.3 Å². The number of halogens is 3. The smallest absolute Gasteiger partial charge is 0.317 e. The van der Waals surface area contributed by atoms with Crippen LogP contribution in [0.5, 0.6) is 0 Å². The molecule has 3 aromatic carbocycles. The third kappa shape index (κ3) is 6.40. The Balaban J connectivity index is 1.30. The Kier molecular flexibility index (Phi) is 9.05. The first-order valence-electron chi connectivity index (χ1n) is 14.6. The predicted octanol–water partition coefficient (Wildman–Crippen LogP) is 5.90. The summed E-state index contributed by atoms with van der Waals surface area (Å²) >= 11 is 16.2. The van der Waals surface area contributed by atoms with E-state index in [-0.39, 0.29) is 30.3 Å². The van der Waals surface area contributed by atoms with Crippen LogP contribution in [0.15, 0.2) is 65.1 Å². The highest BCUT2D eigenvalue weighted by Gasteiger charge is 2.48. The fourth-order valence-corrected chi connectivity index (χ4v) is 6.90. The number of urea groups is 1. The van der Waals surface area contributed by atoms with Gasteiger partial charge in [0.15, 0.2) is 0 Å². The Morgan fingerprint density at radius 2 is 1.80 bits per heavy atom. The number of carbonyl (C=O) groups excluding carboxylic acids is 3. The van der Waals surface area contributed by atoms with Crippen molar-refractivity contribution in [3.05, 3.63) is 91.9 Å². The number of hydrogen-bond acceptors (Lipinski definition) is 5. The Labute approximate surface area is 274 Å². The van der Waals surface area contributed by atoms with Crippen LogP contribution in [-0.2, 0) is 21.5 Å². The van der Waals surface area contributed by atoms with E-state index in [1.807, 2.05) is 36.4 Å². The van der Waals surface area contributed by atoms with Gasteiger partial charge >= 0.3 is 6.03 Å². The lowest BCUT2D eigenvalue weighted by molar-refractivity contribution is -0.119. The number of morpholine rings is 1. The number of fused-ring (bicyclic) bond motifs is 1. The highest BCUT2D eigenvalue weighted by molar-refractivity contribution is 9.10. The average molecular weight is 701 g/mol. The largest absolute Gasteiger partial charge is 0.378 e. The SMILES string of the molecule is O=C(NC1CCCN(C(=O)c2ccc(Br)cc2N[C@]2(Cc3cccc(Cl)c3)C(=O)Nc3cc(Cl)ccc32)C1)N1CCOCC1. The summed E-state index contributed by atoms with van der Waals surface area (Å²) in [4.78, 5) is 44.4. The number of carbonyl (C=O) groups is 3. The molecule has 3 N–H and O–H groups in total. The van der Waals surface area contributed by atoms with Crippen molar-refractivity contribution in [1.29, 1.82) is 0 Å². The number of piperidine rings is 1. The number of hydrogen-bond donors (Lipinski definition) is 3. The predicted molar refractivity (Wildman–Crippen MR) is 175 cm³/mol. The lowest BCUT2D eigenvalue weighted by atomic mass is 9.84. The van der Waals surface area contributed by atoms with E-state index in [9.17, 15) is 14.4 Å². The highest BCUT2D eigenvalue weighted by atomic mass is 79.9. The van der Waals surface area contributed by atoms with E-state index in [2.05, 4.69) is 31.9 Å². The van der Waals surface area contributed by atoms with Gasteiger partial charge in [0.05, 0.1) is 18.8 Å². The van der Waals surface area contributed by atoms with Crippen LogP contribution in [0.4, 0.5) is 16.2 Å². The van der Waals surface area contributed by atoms with Gasteiger partial charge in [0.25, 0.3) is 11.8 Å². The average Bonchev–Trinajstić information content (AvgIpc) is 3.26. The number of rotatable bonds is 6. The molecule has 12 heteroatoms. The summed E-state index contributed by atoms with van der Waals surface area (Å²) in [6.45, 7) is 3.10. The fourth-order valence-electron chi connectivity index (χ4n) is 6.16. The molecule has 3 aliphatic heterocycles. The molecule has 2 fully saturated rings.